The van der Waals surface area contributed by atoms with E-state index in [0.29, 0.717) is 11.4 Å². The molecule has 0 saturated heterocycles. The minimum atomic E-state index is -0.0275. The molecule has 3 heterocycles. The molecular formula is C9H6N6O2. The predicted octanol–water partition coefficient (Wildman–Crippen LogP) is 0.622. The van der Waals surface area contributed by atoms with Gasteiger partial charge in [-0.05, 0) is 6.07 Å². The Kier molecular flexibility index (Phi) is 2.04. The van der Waals surface area contributed by atoms with Crippen LogP contribution in [0.25, 0.3) is 23.1 Å². The van der Waals surface area contributed by atoms with Crippen molar-refractivity contribution < 1.29 is 9.63 Å². The van der Waals surface area contributed by atoms with Crippen molar-refractivity contribution in [2.24, 2.45) is 0 Å². The quantitative estimate of drug-likeness (QED) is 0.663. The van der Waals surface area contributed by atoms with Crippen LogP contribution in [0, 0.1) is 0 Å². The minimum absolute atomic E-state index is 0.0275. The molecular weight excluding hydrogens is 224 g/mol. The van der Waals surface area contributed by atoms with Crippen LogP contribution in [0.5, 0.6) is 5.75 Å². The van der Waals surface area contributed by atoms with Gasteiger partial charge in [0.05, 0.1) is 11.8 Å². The lowest BCUT2D eigenvalue weighted by Gasteiger charge is -1.95. The van der Waals surface area contributed by atoms with Gasteiger partial charge in [0.15, 0.2) is 5.82 Å². The van der Waals surface area contributed by atoms with E-state index in [1.54, 1.807) is 6.07 Å². The number of nitrogens with zero attached hydrogens (tertiary/aromatic N) is 5. The first-order valence-electron chi connectivity index (χ1n) is 4.67. The average Bonchev–Trinajstić information content (AvgIpc) is 3.00. The molecule has 3 aromatic heterocycles. The smallest absolute Gasteiger partial charge is 0.262 e. The second-order valence-corrected chi connectivity index (χ2v) is 3.15. The van der Waals surface area contributed by atoms with Crippen molar-refractivity contribution in [3.05, 3.63) is 24.8 Å². The van der Waals surface area contributed by atoms with E-state index >= 15 is 0 Å². The van der Waals surface area contributed by atoms with Gasteiger partial charge in [-0.3, -0.25) is 10.1 Å². The third-order valence-electron chi connectivity index (χ3n) is 2.08. The van der Waals surface area contributed by atoms with Crippen molar-refractivity contribution in [3.63, 3.8) is 0 Å². The molecule has 0 aliphatic heterocycles. The van der Waals surface area contributed by atoms with E-state index in [1.165, 1.54) is 18.7 Å². The standard InChI is InChI=1S/C9H6N6O2/c16-6-3-10-2-1-5(6)9-13-8(15-17-9)7-11-4-12-14-7/h1-4,16H,(H,11,12,14). The molecule has 0 unspecified atom stereocenters. The fourth-order valence-corrected chi connectivity index (χ4v) is 1.31. The topological polar surface area (TPSA) is 114 Å². The fourth-order valence-electron chi connectivity index (χ4n) is 1.31. The zero-order valence-corrected chi connectivity index (χ0v) is 8.40. The maximum absolute atomic E-state index is 9.58. The Labute approximate surface area is 94.4 Å². The first-order chi connectivity index (χ1) is 8.34. The maximum Gasteiger partial charge on any atom is 0.262 e. The van der Waals surface area contributed by atoms with Gasteiger partial charge in [-0.25, -0.2) is 4.98 Å². The Balaban J connectivity index is 2.04. The Hall–Kier alpha value is -2.77. The van der Waals surface area contributed by atoms with E-state index in [1.807, 2.05) is 0 Å². The summed E-state index contributed by atoms with van der Waals surface area (Å²) in [6, 6.07) is 1.58. The van der Waals surface area contributed by atoms with E-state index in [2.05, 4.69) is 30.3 Å². The second kappa shape index (κ2) is 3.67. The van der Waals surface area contributed by atoms with E-state index in [0.717, 1.165) is 0 Å². The van der Waals surface area contributed by atoms with Crippen LogP contribution in [0.1, 0.15) is 0 Å². The number of nitrogens with one attached hydrogen (secondary N) is 1. The lowest BCUT2D eigenvalue weighted by atomic mass is 10.2. The molecule has 2 N–H and O–H groups in total. The molecule has 0 aliphatic carbocycles. The Morgan fingerprint density at radius 3 is 3.06 bits per heavy atom. The molecule has 0 aromatic carbocycles. The van der Waals surface area contributed by atoms with E-state index < -0.39 is 0 Å². The SMILES string of the molecule is Oc1cnccc1-c1nc(-c2ncn[nH]2)no1. The molecule has 0 fully saturated rings. The van der Waals surface area contributed by atoms with Crippen molar-refractivity contribution in [1.82, 2.24) is 30.3 Å². The summed E-state index contributed by atoms with van der Waals surface area (Å²) in [4.78, 5) is 11.7. The summed E-state index contributed by atoms with van der Waals surface area (Å²) in [7, 11) is 0. The molecule has 0 aliphatic rings. The van der Waals surface area contributed by atoms with Crippen molar-refractivity contribution in [2.45, 2.75) is 0 Å². The summed E-state index contributed by atoms with van der Waals surface area (Å²) < 4.78 is 5.02. The maximum atomic E-state index is 9.58. The highest BCUT2D eigenvalue weighted by molar-refractivity contribution is 5.62. The zero-order chi connectivity index (χ0) is 11.7. The number of pyridine rings is 1. The highest BCUT2D eigenvalue weighted by Crippen LogP contribution is 2.27. The molecule has 0 amide bonds. The van der Waals surface area contributed by atoms with Gasteiger partial charge in [-0.15, -0.1) is 0 Å². The largest absolute Gasteiger partial charge is 0.505 e. The molecule has 17 heavy (non-hydrogen) atoms. The fraction of sp³-hybridized carbons (Fsp3) is 0. The monoisotopic (exact) mass is 230 g/mol. The Morgan fingerprint density at radius 2 is 2.29 bits per heavy atom. The highest BCUT2D eigenvalue weighted by atomic mass is 16.5. The van der Waals surface area contributed by atoms with Crippen LogP contribution in [0.3, 0.4) is 0 Å². The molecule has 3 aromatic rings. The molecule has 84 valence electrons. The molecule has 8 nitrogen and oxygen atoms in total. The molecule has 0 atom stereocenters. The van der Waals surface area contributed by atoms with Gasteiger partial charge in [-0.2, -0.15) is 10.1 Å². The van der Waals surface area contributed by atoms with Gasteiger partial charge in [0.1, 0.15) is 12.1 Å². The van der Waals surface area contributed by atoms with E-state index in [4.69, 9.17) is 4.52 Å². The van der Waals surface area contributed by atoms with Crippen LogP contribution in [-0.2, 0) is 0 Å². The van der Waals surface area contributed by atoms with Crippen LogP contribution in [0.4, 0.5) is 0 Å². The lowest BCUT2D eigenvalue weighted by Crippen LogP contribution is -1.84. The second-order valence-electron chi connectivity index (χ2n) is 3.15. The van der Waals surface area contributed by atoms with Crippen LogP contribution < -0.4 is 0 Å². The summed E-state index contributed by atoms with van der Waals surface area (Å²) in [5.41, 5.74) is 0.415. The lowest BCUT2D eigenvalue weighted by molar-refractivity contribution is 0.425. The van der Waals surface area contributed by atoms with Gasteiger partial charge in [0, 0.05) is 6.20 Å². The van der Waals surface area contributed by atoms with Gasteiger partial charge in [-0.1, -0.05) is 5.16 Å². The zero-order valence-electron chi connectivity index (χ0n) is 8.40. The molecule has 0 radical (unpaired) electrons. The summed E-state index contributed by atoms with van der Waals surface area (Å²) in [5, 5.41) is 19.6. The number of aromatic hydroxyl groups is 1. The summed E-state index contributed by atoms with van der Waals surface area (Å²) >= 11 is 0. The van der Waals surface area contributed by atoms with Crippen LogP contribution >= 0.6 is 0 Å². The van der Waals surface area contributed by atoms with Gasteiger partial charge in [0.25, 0.3) is 5.89 Å². The average molecular weight is 230 g/mol. The van der Waals surface area contributed by atoms with Gasteiger partial charge >= 0.3 is 0 Å². The Morgan fingerprint density at radius 1 is 1.35 bits per heavy atom. The number of hydrogen-bond donors (Lipinski definition) is 2. The number of H-pyrrole nitrogens is 1. The summed E-state index contributed by atoms with van der Waals surface area (Å²) in [6.07, 6.45) is 4.16. The number of aromatic amines is 1. The van der Waals surface area contributed by atoms with E-state index in [-0.39, 0.29) is 17.5 Å². The van der Waals surface area contributed by atoms with Crippen molar-refractivity contribution in [1.29, 1.82) is 0 Å². The third kappa shape index (κ3) is 1.61. The highest BCUT2D eigenvalue weighted by Gasteiger charge is 2.14. The third-order valence-corrected chi connectivity index (χ3v) is 2.08. The molecule has 0 spiro atoms. The van der Waals surface area contributed by atoms with Crippen LogP contribution in [0.2, 0.25) is 0 Å². The van der Waals surface area contributed by atoms with Crippen molar-refractivity contribution in [2.75, 3.05) is 0 Å². The molecule has 3 rings (SSSR count). The predicted molar refractivity (Wildman–Crippen MR) is 54.6 cm³/mol. The van der Waals surface area contributed by atoms with Gasteiger partial charge < -0.3 is 9.63 Å². The minimum Gasteiger partial charge on any atom is -0.505 e. The number of hydrogen-bond acceptors (Lipinski definition) is 7. The first-order valence-corrected chi connectivity index (χ1v) is 4.67. The number of aromatic nitrogens is 6. The first kappa shape index (κ1) is 9.46. The Bertz CT molecular complexity index is 632. The van der Waals surface area contributed by atoms with E-state index in [9.17, 15) is 5.11 Å². The van der Waals surface area contributed by atoms with Crippen LogP contribution in [0.15, 0.2) is 29.3 Å². The van der Waals surface area contributed by atoms with Crippen LogP contribution in [-0.4, -0.2) is 35.4 Å². The van der Waals surface area contributed by atoms with Crippen molar-refractivity contribution >= 4 is 0 Å². The normalized spacial score (nSPS) is 10.6. The van der Waals surface area contributed by atoms with Gasteiger partial charge in [0.2, 0.25) is 5.82 Å². The summed E-state index contributed by atoms with van der Waals surface area (Å²) in [6.45, 7) is 0. The molecule has 0 bridgehead atoms. The number of rotatable bonds is 2. The van der Waals surface area contributed by atoms with Crippen molar-refractivity contribution in [3.8, 4) is 28.9 Å². The summed E-state index contributed by atoms with van der Waals surface area (Å²) in [5.74, 6) is 0.832. The molecule has 0 saturated carbocycles. The molecule has 8 heteroatoms.